The summed E-state index contributed by atoms with van der Waals surface area (Å²) in [5, 5.41) is 4.01. The van der Waals surface area contributed by atoms with Crippen LogP contribution in [0.1, 0.15) is 23.1 Å². The number of thiazole rings is 1. The summed E-state index contributed by atoms with van der Waals surface area (Å²) in [7, 11) is 0. The fourth-order valence-corrected chi connectivity index (χ4v) is 2.77. The van der Waals surface area contributed by atoms with E-state index in [9.17, 15) is 4.79 Å². The Morgan fingerprint density at radius 3 is 2.67 bits per heavy atom. The predicted octanol–water partition coefficient (Wildman–Crippen LogP) is 4.13. The van der Waals surface area contributed by atoms with E-state index in [1.807, 2.05) is 20.8 Å². The first-order valence-corrected chi connectivity index (χ1v) is 7.74. The van der Waals surface area contributed by atoms with Crippen LogP contribution < -0.4 is 10.1 Å². The highest BCUT2D eigenvalue weighted by molar-refractivity contribution is 7.15. The lowest BCUT2D eigenvalue weighted by Gasteiger charge is -2.15. The summed E-state index contributed by atoms with van der Waals surface area (Å²) < 4.78 is 5.68. The molecule has 6 heteroatoms. The van der Waals surface area contributed by atoms with Gasteiger partial charge in [0.15, 0.2) is 11.2 Å². The first-order valence-electron chi connectivity index (χ1n) is 6.54. The molecule has 0 aliphatic heterocycles. The Balaban J connectivity index is 2.02. The van der Waals surface area contributed by atoms with E-state index in [-0.39, 0.29) is 5.91 Å². The molecule has 0 saturated carbocycles. The minimum absolute atomic E-state index is 0.224. The van der Waals surface area contributed by atoms with Gasteiger partial charge in [-0.05, 0) is 51.5 Å². The van der Waals surface area contributed by atoms with Crippen LogP contribution in [-0.2, 0) is 4.79 Å². The van der Waals surface area contributed by atoms with Crippen LogP contribution in [0.15, 0.2) is 18.2 Å². The summed E-state index contributed by atoms with van der Waals surface area (Å²) in [4.78, 5) is 17.5. The van der Waals surface area contributed by atoms with E-state index in [1.54, 1.807) is 25.1 Å². The van der Waals surface area contributed by atoms with Crippen molar-refractivity contribution in [3.05, 3.63) is 39.4 Å². The Kier molecular flexibility index (Phi) is 4.85. The van der Waals surface area contributed by atoms with Gasteiger partial charge in [-0.2, -0.15) is 0 Å². The van der Waals surface area contributed by atoms with Crippen molar-refractivity contribution in [2.45, 2.75) is 33.8 Å². The molecule has 1 N–H and O–H groups in total. The number of aryl methyl sites for hydroxylation is 3. The molecule has 0 saturated heterocycles. The lowest BCUT2D eigenvalue weighted by molar-refractivity contribution is -0.122. The quantitative estimate of drug-likeness (QED) is 0.920. The summed E-state index contributed by atoms with van der Waals surface area (Å²) in [5.74, 6) is 0.423. The zero-order valence-electron chi connectivity index (χ0n) is 12.4. The predicted molar refractivity (Wildman–Crippen MR) is 86.5 cm³/mol. The molecule has 112 valence electrons. The molecule has 1 atom stereocenters. The molecule has 0 radical (unpaired) electrons. The molecule has 4 nitrogen and oxygen atoms in total. The number of rotatable bonds is 4. The number of nitrogens with zero attached hydrogens (tertiary/aromatic N) is 1. The smallest absolute Gasteiger partial charge is 0.266 e. The van der Waals surface area contributed by atoms with Gasteiger partial charge in [-0.15, -0.1) is 11.3 Å². The van der Waals surface area contributed by atoms with Gasteiger partial charge in [0.05, 0.1) is 5.69 Å². The second-order valence-electron chi connectivity index (χ2n) is 4.82. The second kappa shape index (κ2) is 6.45. The fourth-order valence-electron chi connectivity index (χ4n) is 1.72. The third-order valence-electron chi connectivity index (χ3n) is 3.07. The Bertz CT molecular complexity index is 650. The molecule has 1 aromatic heterocycles. The Labute approximate surface area is 133 Å². The zero-order valence-corrected chi connectivity index (χ0v) is 13.9. The number of amides is 1. The standard InChI is InChI=1S/C15H17ClN2O2S/c1-8-7-12(16)5-6-13(8)20-10(3)14(19)18-15-17-9(2)11(4)21-15/h5-7,10H,1-4H3,(H,17,18,19)/t10-/m0/s1. The van der Waals surface area contributed by atoms with Gasteiger partial charge in [-0.25, -0.2) is 4.98 Å². The van der Waals surface area contributed by atoms with Crippen molar-refractivity contribution in [1.29, 1.82) is 0 Å². The van der Waals surface area contributed by atoms with Crippen molar-refractivity contribution in [3.8, 4) is 5.75 Å². The molecule has 1 heterocycles. The minimum Gasteiger partial charge on any atom is -0.481 e. The van der Waals surface area contributed by atoms with Crippen molar-refractivity contribution < 1.29 is 9.53 Å². The highest BCUT2D eigenvalue weighted by Crippen LogP contribution is 2.24. The maximum Gasteiger partial charge on any atom is 0.266 e. The number of halogens is 1. The maximum absolute atomic E-state index is 12.1. The third-order valence-corrected chi connectivity index (χ3v) is 4.29. The lowest BCUT2D eigenvalue weighted by Crippen LogP contribution is -2.30. The molecule has 1 amide bonds. The van der Waals surface area contributed by atoms with Gasteiger partial charge >= 0.3 is 0 Å². The van der Waals surface area contributed by atoms with Crippen molar-refractivity contribution in [1.82, 2.24) is 4.98 Å². The van der Waals surface area contributed by atoms with Gasteiger partial charge < -0.3 is 4.74 Å². The van der Waals surface area contributed by atoms with E-state index in [0.29, 0.717) is 15.9 Å². The number of hydrogen-bond donors (Lipinski definition) is 1. The molecule has 2 aromatic rings. The summed E-state index contributed by atoms with van der Waals surface area (Å²) in [6.07, 6.45) is -0.616. The van der Waals surface area contributed by atoms with Crippen LogP contribution in [-0.4, -0.2) is 17.0 Å². The van der Waals surface area contributed by atoms with Gasteiger partial charge in [0.2, 0.25) is 0 Å². The summed E-state index contributed by atoms with van der Waals surface area (Å²) >= 11 is 7.35. The Morgan fingerprint density at radius 1 is 1.38 bits per heavy atom. The van der Waals surface area contributed by atoms with Gasteiger partial charge in [-0.1, -0.05) is 11.6 Å². The Morgan fingerprint density at radius 2 is 2.10 bits per heavy atom. The topological polar surface area (TPSA) is 51.2 Å². The number of ether oxygens (including phenoxy) is 1. The zero-order chi connectivity index (χ0) is 15.6. The molecule has 0 spiro atoms. The van der Waals surface area contributed by atoms with Crippen LogP contribution in [0.3, 0.4) is 0 Å². The Hall–Kier alpha value is -1.59. The molecular weight excluding hydrogens is 308 g/mol. The van der Waals surface area contributed by atoms with Crippen molar-refractivity contribution in [3.63, 3.8) is 0 Å². The van der Waals surface area contributed by atoms with Crippen molar-refractivity contribution in [2.75, 3.05) is 5.32 Å². The molecule has 0 fully saturated rings. The SMILES string of the molecule is Cc1cc(Cl)ccc1O[C@@H](C)C(=O)Nc1nc(C)c(C)s1. The number of anilines is 1. The molecule has 1 aromatic carbocycles. The molecular formula is C15H17ClN2O2S. The van der Waals surface area contributed by atoms with Gasteiger partial charge in [0.25, 0.3) is 5.91 Å². The highest BCUT2D eigenvalue weighted by atomic mass is 35.5. The molecule has 0 unspecified atom stereocenters. The van der Waals surface area contributed by atoms with E-state index >= 15 is 0 Å². The van der Waals surface area contributed by atoms with E-state index < -0.39 is 6.10 Å². The van der Waals surface area contributed by atoms with Crippen molar-refractivity contribution >= 4 is 34.0 Å². The largest absolute Gasteiger partial charge is 0.481 e. The number of carbonyl (C=O) groups is 1. The van der Waals surface area contributed by atoms with Crippen LogP contribution in [0.25, 0.3) is 0 Å². The highest BCUT2D eigenvalue weighted by Gasteiger charge is 2.17. The first-order chi connectivity index (χ1) is 9.86. The third kappa shape index (κ3) is 3.95. The molecule has 2 rings (SSSR count). The summed E-state index contributed by atoms with van der Waals surface area (Å²) in [6, 6.07) is 5.30. The monoisotopic (exact) mass is 324 g/mol. The summed E-state index contributed by atoms with van der Waals surface area (Å²) in [5.41, 5.74) is 1.82. The minimum atomic E-state index is -0.616. The van der Waals surface area contributed by atoms with Crippen molar-refractivity contribution in [2.24, 2.45) is 0 Å². The fraction of sp³-hybridized carbons (Fsp3) is 0.333. The van der Waals surface area contributed by atoms with E-state index in [2.05, 4.69) is 10.3 Å². The number of benzene rings is 1. The van der Waals surface area contributed by atoms with Gasteiger partial charge in [-0.3, -0.25) is 10.1 Å². The van der Waals surface area contributed by atoms with Crippen LogP contribution >= 0.6 is 22.9 Å². The average Bonchev–Trinajstić information content (AvgIpc) is 2.71. The molecule has 0 aliphatic rings. The second-order valence-corrected chi connectivity index (χ2v) is 6.46. The first kappa shape index (κ1) is 15.8. The van der Waals surface area contributed by atoms with Crippen LogP contribution in [0.2, 0.25) is 5.02 Å². The maximum atomic E-state index is 12.1. The normalized spacial score (nSPS) is 12.0. The number of nitrogens with one attached hydrogen (secondary N) is 1. The van der Waals surface area contributed by atoms with E-state index in [1.165, 1.54) is 11.3 Å². The summed E-state index contributed by atoms with van der Waals surface area (Å²) in [6.45, 7) is 7.48. The average molecular weight is 325 g/mol. The molecule has 0 aliphatic carbocycles. The number of hydrogen-bond acceptors (Lipinski definition) is 4. The van der Waals surface area contributed by atoms with Gasteiger partial charge in [0.1, 0.15) is 5.75 Å². The number of carbonyl (C=O) groups excluding carboxylic acids is 1. The van der Waals surface area contributed by atoms with Crippen LogP contribution in [0.4, 0.5) is 5.13 Å². The van der Waals surface area contributed by atoms with Crippen LogP contribution in [0.5, 0.6) is 5.75 Å². The van der Waals surface area contributed by atoms with E-state index in [0.717, 1.165) is 16.1 Å². The van der Waals surface area contributed by atoms with Gasteiger partial charge in [0, 0.05) is 9.90 Å². The van der Waals surface area contributed by atoms with Crippen LogP contribution in [0, 0.1) is 20.8 Å². The molecule has 21 heavy (non-hydrogen) atoms. The molecule has 0 bridgehead atoms. The van der Waals surface area contributed by atoms with E-state index in [4.69, 9.17) is 16.3 Å². The number of aromatic nitrogens is 1. The lowest BCUT2D eigenvalue weighted by atomic mass is 10.2.